The first-order valence-electron chi connectivity index (χ1n) is 6.97. The van der Waals surface area contributed by atoms with Crippen LogP contribution in [0.3, 0.4) is 0 Å². The SMILES string of the molecule is CSC1(CNCCc2cnn(C)c2)CCCCC1. The van der Waals surface area contributed by atoms with Crippen LogP contribution in [-0.2, 0) is 13.5 Å². The summed E-state index contributed by atoms with van der Waals surface area (Å²) < 4.78 is 2.38. The molecule has 0 aromatic carbocycles. The lowest BCUT2D eigenvalue weighted by Crippen LogP contribution is -2.40. The molecule has 1 aromatic heterocycles. The van der Waals surface area contributed by atoms with Gasteiger partial charge in [-0.2, -0.15) is 16.9 Å². The first kappa shape index (κ1) is 13.9. The third-order valence-corrected chi connectivity index (χ3v) is 5.41. The summed E-state index contributed by atoms with van der Waals surface area (Å²) in [5, 5.41) is 7.85. The summed E-state index contributed by atoms with van der Waals surface area (Å²) in [5.41, 5.74) is 1.33. The van der Waals surface area contributed by atoms with Crippen molar-refractivity contribution in [3.63, 3.8) is 0 Å². The van der Waals surface area contributed by atoms with Crippen molar-refractivity contribution in [3.8, 4) is 0 Å². The van der Waals surface area contributed by atoms with E-state index in [1.54, 1.807) is 0 Å². The van der Waals surface area contributed by atoms with Gasteiger partial charge in [-0.3, -0.25) is 4.68 Å². The molecule has 0 saturated heterocycles. The van der Waals surface area contributed by atoms with Crippen molar-refractivity contribution in [2.24, 2.45) is 7.05 Å². The number of hydrogen-bond donors (Lipinski definition) is 1. The molecular formula is C14H25N3S. The van der Waals surface area contributed by atoms with Crippen LogP contribution in [0.15, 0.2) is 12.4 Å². The Labute approximate surface area is 115 Å². The maximum atomic E-state index is 4.20. The van der Waals surface area contributed by atoms with E-state index in [4.69, 9.17) is 0 Å². The van der Waals surface area contributed by atoms with E-state index in [1.165, 1.54) is 37.7 Å². The molecule has 1 fully saturated rings. The standard InChI is InChI=1S/C14H25N3S/c1-17-11-13(10-16-17)6-9-15-12-14(18-2)7-4-3-5-8-14/h10-11,15H,3-9,12H2,1-2H3. The lowest BCUT2D eigenvalue weighted by molar-refractivity contribution is 0.381. The van der Waals surface area contributed by atoms with Crippen LogP contribution in [0.1, 0.15) is 37.7 Å². The molecule has 1 aliphatic rings. The van der Waals surface area contributed by atoms with E-state index in [1.807, 2.05) is 17.9 Å². The Morgan fingerprint density at radius 1 is 1.39 bits per heavy atom. The molecule has 2 rings (SSSR count). The van der Waals surface area contributed by atoms with Crippen LogP contribution in [0.5, 0.6) is 0 Å². The molecule has 0 amide bonds. The van der Waals surface area contributed by atoms with Gasteiger partial charge in [-0.25, -0.2) is 0 Å². The summed E-state index contributed by atoms with van der Waals surface area (Å²) in [5.74, 6) is 0. The highest BCUT2D eigenvalue weighted by molar-refractivity contribution is 8.00. The third kappa shape index (κ3) is 3.75. The summed E-state index contributed by atoms with van der Waals surface area (Å²) in [6, 6.07) is 0. The van der Waals surface area contributed by atoms with Crippen LogP contribution in [0.25, 0.3) is 0 Å². The second-order valence-corrected chi connectivity index (χ2v) is 6.67. The zero-order valence-corrected chi connectivity index (χ0v) is 12.4. The van der Waals surface area contributed by atoms with Crippen molar-refractivity contribution in [2.75, 3.05) is 19.3 Å². The van der Waals surface area contributed by atoms with Crippen molar-refractivity contribution < 1.29 is 0 Å². The molecule has 1 aliphatic carbocycles. The van der Waals surface area contributed by atoms with Crippen LogP contribution >= 0.6 is 11.8 Å². The van der Waals surface area contributed by atoms with Crippen molar-refractivity contribution in [1.82, 2.24) is 15.1 Å². The molecule has 0 atom stereocenters. The summed E-state index contributed by atoms with van der Waals surface area (Å²) >= 11 is 2.06. The van der Waals surface area contributed by atoms with Gasteiger partial charge in [0.2, 0.25) is 0 Å². The van der Waals surface area contributed by atoms with Gasteiger partial charge in [0.05, 0.1) is 6.20 Å². The number of nitrogens with zero attached hydrogens (tertiary/aromatic N) is 2. The van der Waals surface area contributed by atoms with Gasteiger partial charge < -0.3 is 5.32 Å². The lowest BCUT2D eigenvalue weighted by atomic mass is 9.88. The highest BCUT2D eigenvalue weighted by Crippen LogP contribution is 2.37. The smallest absolute Gasteiger partial charge is 0.0522 e. The average Bonchev–Trinajstić information content (AvgIpc) is 2.82. The van der Waals surface area contributed by atoms with E-state index in [-0.39, 0.29) is 0 Å². The van der Waals surface area contributed by atoms with Gasteiger partial charge in [0.1, 0.15) is 0 Å². The van der Waals surface area contributed by atoms with Crippen molar-refractivity contribution in [1.29, 1.82) is 0 Å². The van der Waals surface area contributed by atoms with E-state index in [9.17, 15) is 0 Å². The van der Waals surface area contributed by atoms with Gasteiger partial charge in [-0.15, -0.1) is 0 Å². The predicted molar refractivity (Wildman–Crippen MR) is 79.1 cm³/mol. The molecular weight excluding hydrogens is 242 g/mol. The quantitative estimate of drug-likeness (QED) is 0.804. The predicted octanol–water partition coefficient (Wildman–Crippen LogP) is 2.62. The van der Waals surface area contributed by atoms with Gasteiger partial charge in [-0.1, -0.05) is 19.3 Å². The van der Waals surface area contributed by atoms with Crippen molar-refractivity contribution in [3.05, 3.63) is 18.0 Å². The molecule has 4 heteroatoms. The van der Waals surface area contributed by atoms with E-state index >= 15 is 0 Å². The van der Waals surface area contributed by atoms with Gasteiger partial charge in [0.15, 0.2) is 0 Å². The molecule has 0 unspecified atom stereocenters. The second-order valence-electron chi connectivity index (χ2n) is 5.40. The van der Waals surface area contributed by atoms with Crippen LogP contribution in [0.2, 0.25) is 0 Å². The summed E-state index contributed by atoms with van der Waals surface area (Å²) in [6.07, 6.45) is 14.4. The fraction of sp³-hybridized carbons (Fsp3) is 0.786. The van der Waals surface area contributed by atoms with Crippen LogP contribution in [0, 0.1) is 0 Å². The first-order chi connectivity index (χ1) is 8.74. The number of nitrogens with one attached hydrogen (secondary N) is 1. The highest BCUT2D eigenvalue weighted by atomic mass is 32.2. The van der Waals surface area contributed by atoms with E-state index in [0.717, 1.165) is 19.5 Å². The number of aryl methyl sites for hydroxylation is 1. The molecule has 1 heterocycles. The minimum absolute atomic E-state index is 0.507. The van der Waals surface area contributed by atoms with Gasteiger partial charge >= 0.3 is 0 Å². The first-order valence-corrected chi connectivity index (χ1v) is 8.20. The van der Waals surface area contributed by atoms with Crippen LogP contribution in [-0.4, -0.2) is 33.9 Å². The normalized spacial score (nSPS) is 19.0. The minimum Gasteiger partial charge on any atom is -0.315 e. The Balaban J connectivity index is 1.70. The molecule has 0 aliphatic heterocycles. The lowest BCUT2D eigenvalue weighted by Gasteiger charge is -2.36. The average molecular weight is 267 g/mol. The maximum absolute atomic E-state index is 4.20. The number of rotatable bonds is 6. The topological polar surface area (TPSA) is 29.9 Å². The van der Waals surface area contributed by atoms with E-state index in [2.05, 4.69) is 34.6 Å². The summed E-state index contributed by atoms with van der Waals surface area (Å²) in [6.45, 7) is 2.22. The minimum atomic E-state index is 0.507. The Morgan fingerprint density at radius 2 is 2.17 bits per heavy atom. The summed E-state index contributed by atoms with van der Waals surface area (Å²) in [4.78, 5) is 0. The Hall–Kier alpha value is -0.480. The van der Waals surface area contributed by atoms with Crippen molar-refractivity contribution >= 4 is 11.8 Å². The molecule has 1 saturated carbocycles. The van der Waals surface area contributed by atoms with E-state index < -0.39 is 0 Å². The number of thioether (sulfide) groups is 1. The van der Waals surface area contributed by atoms with Crippen LogP contribution < -0.4 is 5.32 Å². The van der Waals surface area contributed by atoms with Crippen molar-refractivity contribution in [2.45, 2.75) is 43.3 Å². The monoisotopic (exact) mass is 267 g/mol. The summed E-state index contributed by atoms with van der Waals surface area (Å²) in [7, 11) is 1.97. The van der Waals surface area contributed by atoms with Gasteiger partial charge in [0, 0.05) is 24.5 Å². The van der Waals surface area contributed by atoms with Gasteiger partial charge in [0.25, 0.3) is 0 Å². The molecule has 3 nitrogen and oxygen atoms in total. The number of aromatic nitrogens is 2. The molecule has 18 heavy (non-hydrogen) atoms. The molecule has 102 valence electrons. The molecule has 1 N–H and O–H groups in total. The third-order valence-electron chi connectivity index (χ3n) is 3.99. The fourth-order valence-corrected chi connectivity index (χ4v) is 3.74. The molecule has 0 spiro atoms. The van der Waals surface area contributed by atoms with Crippen LogP contribution in [0.4, 0.5) is 0 Å². The molecule has 0 bridgehead atoms. The Bertz CT molecular complexity index is 356. The largest absolute Gasteiger partial charge is 0.315 e. The molecule has 0 radical (unpaired) electrons. The fourth-order valence-electron chi connectivity index (χ4n) is 2.80. The second kappa shape index (κ2) is 6.62. The highest BCUT2D eigenvalue weighted by Gasteiger charge is 2.30. The zero-order valence-electron chi connectivity index (χ0n) is 11.6. The number of hydrogen-bond acceptors (Lipinski definition) is 3. The van der Waals surface area contributed by atoms with E-state index in [0.29, 0.717) is 4.75 Å². The van der Waals surface area contributed by atoms with Gasteiger partial charge in [-0.05, 0) is 37.6 Å². The Morgan fingerprint density at radius 3 is 2.78 bits per heavy atom. The Kier molecular flexibility index (Phi) is 5.13. The zero-order chi connectivity index (χ0) is 12.8. The molecule has 1 aromatic rings. The maximum Gasteiger partial charge on any atom is 0.0522 e.